The standard InChI is InChI=1S/C19H15N5O3S2/c1-25-12-6-8-13(9-7-12)26-10-16-20-17(27-23-16)11-28-18-21-22-19-24(18)14-4-2-3-5-15(14)29-19/h2-9H,10-11H2,1H3. The number of thioether (sulfide) groups is 1. The Morgan fingerprint density at radius 2 is 1.90 bits per heavy atom. The van der Waals surface area contributed by atoms with Crippen molar-refractivity contribution in [1.29, 1.82) is 0 Å². The molecule has 5 rings (SSSR count). The summed E-state index contributed by atoms with van der Waals surface area (Å²) >= 11 is 3.12. The zero-order valence-electron chi connectivity index (χ0n) is 15.3. The number of rotatable bonds is 7. The quantitative estimate of drug-likeness (QED) is 0.359. The molecule has 0 amide bonds. The fourth-order valence-corrected chi connectivity index (χ4v) is 4.61. The topological polar surface area (TPSA) is 87.6 Å². The summed E-state index contributed by atoms with van der Waals surface area (Å²) in [5, 5.41) is 13.3. The molecule has 0 atom stereocenters. The van der Waals surface area contributed by atoms with Gasteiger partial charge in [0.2, 0.25) is 16.7 Å². The van der Waals surface area contributed by atoms with Crippen LogP contribution in [0.5, 0.6) is 11.5 Å². The highest BCUT2D eigenvalue weighted by atomic mass is 32.2. The van der Waals surface area contributed by atoms with Crippen molar-refractivity contribution in [3.8, 4) is 11.5 Å². The Bertz CT molecular complexity index is 1260. The van der Waals surface area contributed by atoms with Gasteiger partial charge in [-0.1, -0.05) is 40.4 Å². The summed E-state index contributed by atoms with van der Waals surface area (Å²) in [5.41, 5.74) is 1.10. The van der Waals surface area contributed by atoms with Gasteiger partial charge in [-0.3, -0.25) is 4.40 Å². The van der Waals surface area contributed by atoms with Gasteiger partial charge < -0.3 is 14.0 Å². The Labute approximate surface area is 173 Å². The normalized spacial score (nSPS) is 11.3. The van der Waals surface area contributed by atoms with E-state index >= 15 is 0 Å². The molecule has 10 heteroatoms. The van der Waals surface area contributed by atoms with Crippen LogP contribution in [-0.2, 0) is 12.4 Å². The molecule has 0 saturated heterocycles. The van der Waals surface area contributed by atoms with E-state index in [2.05, 4.69) is 36.9 Å². The van der Waals surface area contributed by atoms with E-state index in [0.717, 1.165) is 21.4 Å². The molecule has 5 aromatic rings. The molecule has 0 spiro atoms. The van der Waals surface area contributed by atoms with Gasteiger partial charge in [0.1, 0.15) is 11.5 Å². The molecular weight excluding hydrogens is 410 g/mol. The van der Waals surface area contributed by atoms with Crippen molar-refractivity contribution in [2.45, 2.75) is 17.5 Å². The van der Waals surface area contributed by atoms with Crippen LogP contribution in [0.2, 0.25) is 0 Å². The summed E-state index contributed by atoms with van der Waals surface area (Å²) in [4.78, 5) is 5.25. The molecule has 0 bridgehead atoms. The van der Waals surface area contributed by atoms with E-state index in [-0.39, 0.29) is 6.61 Å². The summed E-state index contributed by atoms with van der Waals surface area (Å²) in [6.45, 7) is 0.227. The Morgan fingerprint density at radius 1 is 1.07 bits per heavy atom. The van der Waals surface area contributed by atoms with E-state index in [1.165, 1.54) is 16.5 Å². The average molecular weight is 425 g/mol. The van der Waals surface area contributed by atoms with Crippen LogP contribution < -0.4 is 9.47 Å². The molecule has 29 heavy (non-hydrogen) atoms. The van der Waals surface area contributed by atoms with Crippen LogP contribution >= 0.6 is 23.1 Å². The molecule has 0 N–H and O–H groups in total. The van der Waals surface area contributed by atoms with E-state index in [1.807, 2.05) is 36.4 Å². The lowest BCUT2D eigenvalue weighted by atomic mass is 10.3. The zero-order chi connectivity index (χ0) is 19.6. The SMILES string of the molecule is COc1ccc(OCc2noc(CSc3nnc4sc5ccccc5n34)n2)cc1. The molecular formula is C19H15N5O3S2. The van der Waals surface area contributed by atoms with Crippen LogP contribution in [0.1, 0.15) is 11.7 Å². The molecule has 0 aliphatic carbocycles. The van der Waals surface area contributed by atoms with Crippen molar-refractivity contribution in [2.75, 3.05) is 7.11 Å². The lowest BCUT2D eigenvalue weighted by Gasteiger charge is -2.04. The highest BCUT2D eigenvalue weighted by molar-refractivity contribution is 7.98. The Kier molecular flexibility index (Phi) is 4.78. The number of thiazole rings is 1. The predicted octanol–water partition coefficient (Wildman–Crippen LogP) is 4.21. The Hall–Kier alpha value is -3.11. The molecule has 3 heterocycles. The van der Waals surface area contributed by atoms with Crippen molar-refractivity contribution in [1.82, 2.24) is 24.7 Å². The molecule has 2 aromatic carbocycles. The maximum atomic E-state index is 5.68. The van der Waals surface area contributed by atoms with Crippen LogP contribution in [0.3, 0.4) is 0 Å². The number of aromatic nitrogens is 5. The van der Waals surface area contributed by atoms with Gasteiger partial charge in [0.15, 0.2) is 11.8 Å². The molecule has 146 valence electrons. The number of ether oxygens (including phenoxy) is 2. The van der Waals surface area contributed by atoms with Crippen molar-refractivity contribution in [3.05, 3.63) is 60.2 Å². The first-order chi connectivity index (χ1) is 14.3. The van der Waals surface area contributed by atoms with Gasteiger partial charge in [-0.25, -0.2) is 0 Å². The van der Waals surface area contributed by atoms with E-state index in [4.69, 9.17) is 14.0 Å². The highest BCUT2D eigenvalue weighted by Gasteiger charge is 2.14. The van der Waals surface area contributed by atoms with Crippen LogP contribution in [0.15, 0.2) is 58.2 Å². The second kappa shape index (κ2) is 7.72. The van der Waals surface area contributed by atoms with E-state index < -0.39 is 0 Å². The minimum absolute atomic E-state index is 0.227. The summed E-state index contributed by atoms with van der Waals surface area (Å²) in [6.07, 6.45) is 0. The monoisotopic (exact) mass is 425 g/mol. The number of hydrogen-bond acceptors (Lipinski definition) is 9. The van der Waals surface area contributed by atoms with Gasteiger partial charge in [-0.05, 0) is 36.4 Å². The first-order valence-electron chi connectivity index (χ1n) is 8.74. The van der Waals surface area contributed by atoms with Crippen LogP contribution in [0, 0.1) is 0 Å². The lowest BCUT2D eigenvalue weighted by molar-refractivity contribution is 0.285. The largest absolute Gasteiger partial charge is 0.497 e. The highest BCUT2D eigenvalue weighted by Crippen LogP contribution is 2.30. The van der Waals surface area contributed by atoms with Crippen molar-refractivity contribution in [3.63, 3.8) is 0 Å². The summed E-state index contributed by atoms with van der Waals surface area (Å²) < 4.78 is 19.4. The van der Waals surface area contributed by atoms with Gasteiger partial charge in [-0.15, -0.1) is 10.2 Å². The fraction of sp³-hybridized carbons (Fsp3) is 0.158. The number of nitrogens with zero attached hydrogens (tertiary/aromatic N) is 5. The van der Waals surface area contributed by atoms with E-state index in [9.17, 15) is 0 Å². The molecule has 3 aromatic heterocycles. The number of benzene rings is 2. The summed E-state index contributed by atoms with van der Waals surface area (Å²) in [6, 6.07) is 15.5. The lowest BCUT2D eigenvalue weighted by Crippen LogP contribution is -1.97. The summed E-state index contributed by atoms with van der Waals surface area (Å²) in [7, 11) is 1.63. The van der Waals surface area contributed by atoms with Crippen LogP contribution in [-0.4, -0.2) is 31.8 Å². The smallest absolute Gasteiger partial charge is 0.237 e. The van der Waals surface area contributed by atoms with Crippen molar-refractivity contribution in [2.24, 2.45) is 0 Å². The van der Waals surface area contributed by atoms with Gasteiger partial charge in [0.25, 0.3) is 0 Å². The van der Waals surface area contributed by atoms with Gasteiger partial charge in [0, 0.05) is 0 Å². The molecule has 0 saturated carbocycles. The number of para-hydroxylation sites is 1. The number of methoxy groups -OCH3 is 1. The Balaban J connectivity index is 1.24. The second-order valence-electron chi connectivity index (χ2n) is 6.03. The minimum atomic E-state index is 0.227. The molecule has 0 fully saturated rings. The molecule has 0 aliphatic rings. The van der Waals surface area contributed by atoms with Crippen molar-refractivity contribution < 1.29 is 14.0 Å². The Morgan fingerprint density at radius 3 is 2.76 bits per heavy atom. The zero-order valence-corrected chi connectivity index (χ0v) is 16.9. The maximum Gasteiger partial charge on any atom is 0.237 e. The third-order valence-corrected chi connectivity index (χ3v) is 6.10. The van der Waals surface area contributed by atoms with Crippen LogP contribution in [0.25, 0.3) is 15.2 Å². The number of hydrogen-bond donors (Lipinski definition) is 0. The van der Waals surface area contributed by atoms with Gasteiger partial charge in [-0.2, -0.15) is 4.98 Å². The number of fused-ring (bicyclic) bond motifs is 3. The molecule has 0 radical (unpaired) electrons. The molecule has 0 unspecified atom stereocenters. The van der Waals surface area contributed by atoms with E-state index in [1.54, 1.807) is 18.4 Å². The third-order valence-electron chi connectivity index (χ3n) is 4.17. The summed E-state index contributed by atoms with van der Waals surface area (Å²) in [5.74, 6) is 2.99. The van der Waals surface area contributed by atoms with Crippen LogP contribution in [0.4, 0.5) is 0 Å². The molecule has 0 aliphatic heterocycles. The minimum Gasteiger partial charge on any atom is -0.497 e. The fourth-order valence-electron chi connectivity index (χ4n) is 2.80. The average Bonchev–Trinajstić information content (AvgIpc) is 3.46. The predicted molar refractivity (Wildman–Crippen MR) is 110 cm³/mol. The first kappa shape index (κ1) is 18.0. The van der Waals surface area contributed by atoms with E-state index in [0.29, 0.717) is 23.2 Å². The van der Waals surface area contributed by atoms with Crippen molar-refractivity contribution >= 4 is 38.3 Å². The third kappa shape index (κ3) is 3.64. The first-order valence-corrected chi connectivity index (χ1v) is 10.5. The maximum absolute atomic E-state index is 5.68. The van der Waals surface area contributed by atoms with Gasteiger partial charge >= 0.3 is 0 Å². The second-order valence-corrected chi connectivity index (χ2v) is 7.98. The molecule has 8 nitrogen and oxygen atoms in total. The van der Waals surface area contributed by atoms with Gasteiger partial charge in [0.05, 0.1) is 23.1 Å².